The van der Waals surface area contributed by atoms with Crippen molar-refractivity contribution in [1.29, 1.82) is 0 Å². The van der Waals surface area contributed by atoms with Gasteiger partial charge in [0, 0.05) is 25.8 Å². The van der Waals surface area contributed by atoms with Crippen LogP contribution in [0.25, 0.3) is 43.8 Å². The monoisotopic (exact) mass is 842 g/mol. The van der Waals surface area contributed by atoms with Crippen LogP contribution in [0.15, 0.2) is 109 Å². The molecule has 256 valence electrons. The molecule has 3 heteroatoms. The van der Waals surface area contributed by atoms with E-state index < -0.39 is 0 Å². The van der Waals surface area contributed by atoms with Gasteiger partial charge < -0.3 is 45.1 Å². The quantitative estimate of drug-likeness (QED) is 0.118. The molecule has 0 heterocycles. The van der Waals surface area contributed by atoms with Crippen molar-refractivity contribution < 1.29 is 50.7 Å². The maximum absolute atomic E-state index is 3.38. The van der Waals surface area contributed by atoms with Gasteiger partial charge in [-0.05, 0) is 45.9 Å². The largest absolute Gasteiger partial charge is 1.00 e. The molecule has 0 N–H and O–H groups in total. The summed E-state index contributed by atoms with van der Waals surface area (Å²) < 4.78 is 0. The van der Waals surface area contributed by atoms with Gasteiger partial charge in [-0.3, -0.25) is 0 Å². The first-order valence-corrected chi connectivity index (χ1v) is 16.7. The second-order valence-corrected chi connectivity index (χ2v) is 13.4. The molecular weight excluding hydrogens is 790 g/mol. The van der Waals surface area contributed by atoms with E-state index in [0.29, 0.717) is 23.7 Å². The zero-order valence-corrected chi connectivity index (χ0v) is 35.2. The van der Waals surface area contributed by atoms with Crippen molar-refractivity contribution in [2.24, 2.45) is 0 Å². The summed E-state index contributed by atoms with van der Waals surface area (Å²) in [7, 11) is 0. The van der Waals surface area contributed by atoms with Gasteiger partial charge in [0.1, 0.15) is 0 Å². The zero-order chi connectivity index (χ0) is 32.7. The Morgan fingerprint density at radius 2 is 0.792 bits per heavy atom. The maximum atomic E-state index is 3.38. The topological polar surface area (TPSA) is 0 Å². The zero-order valence-electron chi connectivity index (χ0n) is 30.1. The molecule has 0 aromatic heterocycles. The van der Waals surface area contributed by atoms with Crippen LogP contribution in [0.4, 0.5) is 0 Å². The van der Waals surface area contributed by atoms with Crippen molar-refractivity contribution >= 4 is 21.5 Å². The normalized spacial score (nSPS) is 10.6. The SMILES string of the molecule is CC(C)c1ccc(-c2cccc3[cH-]c(C(C)C)cc23)cc1.CC(C)c1ccc(-c2cccc3[cH-]c(C(C)C)cc23)cc1.[CH2-]C[CH2-].[Cl-].[Cl-].[Hf]. The molecule has 0 amide bonds. The third-order valence-corrected chi connectivity index (χ3v) is 8.66. The van der Waals surface area contributed by atoms with Crippen LogP contribution in [0.5, 0.6) is 0 Å². The van der Waals surface area contributed by atoms with E-state index in [2.05, 4.69) is 178 Å². The van der Waals surface area contributed by atoms with Gasteiger partial charge in [0.25, 0.3) is 0 Å². The van der Waals surface area contributed by atoms with Crippen molar-refractivity contribution in [3.63, 3.8) is 0 Å². The third kappa shape index (κ3) is 10.8. The summed E-state index contributed by atoms with van der Waals surface area (Å²) in [6.07, 6.45) is 0.750. The van der Waals surface area contributed by atoms with E-state index in [4.69, 9.17) is 0 Å². The van der Waals surface area contributed by atoms with Crippen LogP contribution in [-0.2, 0) is 25.8 Å². The molecule has 0 spiro atoms. The van der Waals surface area contributed by atoms with Crippen LogP contribution in [0.2, 0.25) is 0 Å². The summed E-state index contributed by atoms with van der Waals surface area (Å²) in [6.45, 7) is 24.7. The summed E-state index contributed by atoms with van der Waals surface area (Å²) in [5.41, 5.74) is 11.0. The van der Waals surface area contributed by atoms with Crippen LogP contribution >= 0.6 is 0 Å². The van der Waals surface area contributed by atoms with Crippen LogP contribution in [0.1, 0.15) is 108 Å². The predicted octanol–water partition coefficient (Wildman–Crippen LogP) is 8.00. The molecule has 0 unspecified atom stereocenters. The molecule has 0 atom stereocenters. The minimum atomic E-state index is 0. The molecule has 0 aliphatic carbocycles. The number of rotatable bonds is 6. The fourth-order valence-corrected chi connectivity index (χ4v) is 5.78. The molecule has 0 fully saturated rings. The summed E-state index contributed by atoms with van der Waals surface area (Å²) in [6, 6.07) is 40.6. The van der Waals surface area contributed by atoms with Crippen molar-refractivity contribution in [2.45, 2.75) is 85.5 Å². The first-order valence-electron chi connectivity index (χ1n) is 16.7. The third-order valence-electron chi connectivity index (χ3n) is 8.66. The minimum Gasteiger partial charge on any atom is -1.00 e. The fraction of sp³-hybridized carbons (Fsp3) is 0.289. The maximum Gasteiger partial charge on any atom is 0 e. The first-order chi connectivity index (χ1) is 21.5. The average Bonchev–Trinajstić information content (AvgIpc) is 3.67. The molecule has 0 saturated carbocycles. The number of hydrogen-bond acceptors (Lipinski definition) is 0. The minimum absolute atomic E-state index is 0. The smallest absolute Gasteiger partial charge is 0 e. The summed E-state index contributed by atoms with van der Waals surface area (Å²) >= 11 is 0. The summed E-state index contributed by atoms with van der Waals surface area (Å²) in [5.74, 6) is 2.32. The number of benzene rings is 4. The average molecular weight is 842 g/mol. The van der Waals surface area contributed by atoms with Gasteiger partial charge in [-0.1, -0.05) is 127 Å². The molecule has 0 radical (unpaired) electrons. The Balaban J connectivity index is 0.000000420. The van der Waals surface area contributed by atoms with Crippen molar-refractivity contribution in [2.75, 3.05) is 0 Å². The second kappa shape index (κ2) is 20.3. The van der Waals surface area contributed by atoms with E-state index in [-0.39, 0.29) is 50.7 Å². The predicted molar refractivity (Wildman–Crippen MR) is 202 cm³/mol. The van der Waals surface area contributed by atoms with E-state index in [1.165, 1.54) is 66.1 Å². The van der Waals surface area contributed by atoms with Crippen molar-refractivity contribution in [3.8, 4) is 22.3 Å². The van der Waals surface area contributed by atoms with E-state index in [9.17, 15) is 0 Å². The van der Waals surface area contributed by atoms with E-state index in [1.54, 1.807) is 0 Å². The second-order valence-electron chi connectivity index (χ2n) is 13.4. The van der Waals surface area contributed by atoms with Gasteiger partial charge in [0.2, 0.25) is 0 Å². The molecule has 6 rings (SSSR count). The Kier molecular flexibility index (Phi) is 18.4. The first kappa shape index (κ1) is 43.6. The van der Waals surface area contributed by atoms with E-state index in [1.807, 2.05) is 0 Å². The fourth-order valence-electron chi connectivity index (χ4n) is 5.78. The van der Waals surface area contributed by atoms with Gasteiger partial charge >= 0.3 is 0 Å². The Morgan fingerprint density at radius 3 is 1.06 bits per heavy atom. The van der Waals surface area contributed by atoms with Crippen LogP contribution in [0, 0.1) is 13.8 Å². The molecule has 6 aromatic rings. The molecule has 0 aliphatic heterocycles. The van der Waals surface area contributed by atoms with Crippen molar-refractivity contribution in [3.05, 3.63) is 145 Å². The Labute approximate surface area is 323 Å². The molecule has 0 aliphatic rings. The number of fused-ring (bicyclic) bond motifs is 2. The molecule has 0 nitrogen and oxygen atoms in total. The Bertz CT molecular complexity index is 1650. The Morgan fingerprint density at radius 1 is 0.479 bits per heavy atom. The Hall–Kier alpha value is -2.45. The van der Waals surface area contributed by atoms with E-state index in [0.717, 1.165) is 6.42 Å². The van der Waals surface area contributed by atoms with Crippen molar-refractivity contribution in [1.82, 2.24) is 0 Å². The van der Waals surface area contributed by atoms with E-state index >= 15 is 0 Å². The van der Waals surface area contributed by atoms with Gasteiger partial charge in [0.15, 0.2) is 0 Å². The number of halogens is 2. The van der Waals surface area contributed by atoms with Gasteiger partial charge in [-0.15, -0.1) is 69.1 Å². The summed E-state index contributed by atoms with van der Waals surface area (Å²) in [4.78, 5) is 0. The van der Waals surface area contributed by atoms with Gasteiger partial charge in [-0.2, -0.15) is 12.1 Å². The van der Waals surface area contributed by atoms with Gasteiger partial charge in [-0.25, -0.2) is 0 Å². The molecular formula is C45H52Cl2Hf-6. The van der Waals surface area contributed by atoms with Crippen LogP contribution in [-0.4, -0.2) is 0 Å². The molecule has 48 heavy (non-hydrogen) atoms. The van der Waals surface area contributed by atoms with Crippen LogP contribution in [0.3, 0.4) is 0 Å². The molecule has 0 saturated heterocycles. The standard InChI is InChI=1S/2C21H23.C3H6.2ClH.Hf/c2*1-14(2)16-8-10-17(11-9-16)20-7-5-6-18-12-19(15(3)4)13-21(18)20;1-3-2;;;/h2*5-15H,1-4H3;1-3H2;2*1H;/q2*-1;-2;;;/p-2. The summed E-state index contributed by atoms with van der Waals surface area (Å²) in [5, 5.41) is 5.45. The number of hydrogen-bond donors (Lipinski definition) is 0. The van der Waals surface area contributed by atoms with Crippen LogP contribution < -0.4 is 24.8 Å². The molecule has 6 aromatic carbocycles. The van der Waals surface area contributed by atoms with Gasteiger partial charge in [0.05, 0.1) is 0 Å². The molecule has 0 bridgehead atoms.